The molecule has 1 atom stereocenters. The highest BCUT2D eigenvalue weighted by molar-refractivity contribution is 6.01. The van der Waals surface area contributed by atoms with E-state index < -0.39 is 5.97 Å². The number of aromatic carboxylic acids is 1. The third-order valence-electron chi connectivity index (χ3n) is 5.73. The lowest BCUT2D eigenvalue weighted by atomic mass is 10.1. The molecule has 0 saturated carbocycles. The number of hydrogen-bond acceptors (Lipinski definition) is 7. The number of phenols is 2. The molecule has 0 spiro atoms. The molecule has 0 bridgehead atoms. The van der Waals surface area contributed by atoms with E-state index in [9.17, 15) is 20.1 Å². The van der Waals surface area contributed by atoms with E-state index in [-0.39, 0.29) is 23.1 Å². The van der Waals surface area contributed by atoms with E-state index >= 15 is 0 Å². The normalized spacial score (nSPS) is 15.4. The van der Waals surface area contributed by atoms with E-state index in [1.165, 1.54) is 14.2 Å². The molecule has 3 aromatic carbocycles. The molecule has 3 N–H and O–H groups in total. The number of nitrogens with zero attached hydrogens (tertiary/aromatic N) is 2. The topological polar surface area (TPSA) is 112 Å². The molecule has 0 fully saturated rings. The molecule has 0 aromatic heterocycles. The van der Waals surface area contributed by atoms with Crippen LogP contribution in [0.25, 0.3) is 12.2 Å². The fraction of sp³-hybridized carbons (Fsp3) is 0.143. The Kier molecular flexibility index (Phi) is 7.25. The summed E-state index contributed by atoms with van der Waals surface area (Å²) in [5.41, 5.74) is 3.48. The van der Waals surface area contributed by atoms with Gasteiger partial charge in [0.15, 0.2) is 23.0 Å². The van der Waals surface area contributed by atoms with E-state index in [0.29, 0.717) is 17.9 Å². The number of phenolic OH excluding ortho intramolecular Hbond substituents is 2. The van der Waals surface area contributed by atoms with Gasteiger partial charge in [-0.25, -0.2) is 4.79 Å². The van der Waals surface area contributed by atoms with E-state index in [1.54, 1.807) is 60.7 Å². The molecule has 0 amide bonds. The lowest BCUT2D eigenvalue weighted by molar-refractivity contribution is 0.0697. The molecular weight excluding hydrogens is 460 g/mol. The molecule has 8 nitrogen and oxygen atoms in total. The second-order valence-electron chi connectivity index (χ2n) is 8.11. The van der Waals surface area contributed by atoms with Crippen molar-refractivity contribution in [1.82, 2.24) is 0 Å². The number of hydrogen-bond donors (Lipinski definition) is 3. The first-order valence-electron chi connectivity index (χ1n) is 11.2. The Balaban J connectivity index is 1.61. The van der Waals surface area contributed by atoms with Crippen LogP contribution in [0.1, 0.15) is 27.9 Å². The number of ether oxygens (including phenoxy) is 2. The Morgan fingerprint density at radius 2 is 1.47 bits per heavy atom. The Morgan fingerprint density at radius 3 is 2.03 bits per heavy atom. The first kappa shape index (κ1) is 24.4. The van der Waals surface area contributed by atoms with Gasteiger partial charge in [0.25, 0.3) is 0 Å². The average Bonchev–Trinajstić information content (AvgIpc) is 3.30. The summed E-state index contributed by atoms with van der Waals surface area (Å²) in [4.78, 5) is 11.3. The average molecular weight is 487 g/mol. The Labute approximate surface area is 208 Å². The Bertz CT molecular complexity index is 1340. The minimum atomic E-state index is -0.989. The smallest absolute Gasteiger partial charge is 0.335 e. The summed E-state index contributed by atoms with van der Waals surface area (Å²) in [6.07, 6.45) is 8.34. The van der Waals surface area contributed by atoms with Gasteiger partial charge in [0.2, 0.25) is 0 Å². The summed E-state index contributed by atoms with van der Waals surface area (Å²) in [5, 5.41) is 35.5. The van der Waals surface area contributed by atoms with Crippen LogP contribution >= 0.6 is 0 Å². The molecular formula is C28H26N2O6. The molecule has 0 saturated heterocycles. The van der Waals surface area contributed by atoms with Crippen molar-refractivity contribution in [2.45, 2.75) is 12.5 Å². The van der Waals surface area contributed by atoms with Crippen LogP contribution in [0.3, 0.4) is 0 Å². The lowest BCUT2D eigenvalue weighted by Crippen LogP contribution is -2.24. The van der Waals surface area contributed by atoms with Gasteiger partial charge in [-0.3, -0.25) is 5.01 Å². The van der Waals surface area contributed by atoms with Gasteiger partial charge in [-0.15, -0.1) is 0 Å². The summed E-state index contributed by atoms with van der Waals surface area (Å²) in [7, 11) is 3.00. The van der Waals surface area contributed by atoms with Gasteiger partial charge in [-0.1, -0.05) is 30.4 Å². The van der Waals surface area contributed by atoms with Gasteiger partial charge in [-0.2, -0.15) is 5.10 Å². The third kappa shape index (κ3) is 5.50. The quantitative estimate of drug-likeness (QED) is 0.402. The molecule has 1 heterocycles. The van der Waals surface area contributed by atoms with Crippen molar-refractivity contribution in [3.63, 3.8) is 0 Å². The summed E-state index contributed by atoms with van der Waals surface area (Å²) in [6.45, 7) is 0. The number of hydrazone groups is 1. The van der Waals surface area contributed by atoms with Crippen LogP contribution in [0.2, 0.25) is 0 Å². The summed E-state index contributed by atoms with van der Waals surface area (Å²) >= 11 is 0. The standard InChI is InChI=1S/C28H26N2O6/c1-35-26-15-18(5-13-24(26)31)3-9-21-17-23(10-4-19-6-14-25(32)27(16-19)36-2)30(29-21)22-11-7-20(8-12-22)28(33)34/h3-16,23,31-32H,17H2,1-2H3,(H,33,34)/b9-3+,10-4+. The van der Waals surface area contributed by atoms with Gasteiger partial charge < -0.3 is 24.8 Å². The van der Waals surface area contributed by atoms with Crippen molar-refractivity contribution in [2.24, 2.45) is 5.10 Å². The summed E-state index contributed by atoms with van der Waals surface area (Å²) in [5.74, 6) is -0.0843. The summed E-state index contributed by atoms with van der Waals surface area (Å²) < 4.78 is 10.4. The number of carbonyl (C=O) groups is 1. The van der Waals surface area contributed by atoms with E-state index in [2.05, 4.69) is 0 Å². The van der Waals surface area contributed by atoms with Crippen molar-refractivity contribution in [3.05, 3.63) is 89.5 Å². The Hall–Kier alpha value is -4.72. The number of carboxylic acid groups (broad SMARTS) is 1. The van der Waals surface area contributed by atoms with Crippen molar-refractivity contribution in [1.29, 1.82) is 0 Å². The number of allylic oxidation sites excluding steroid dienone is 1. The van der Waals surface area contributed by atoms with Crippen molar-refractivity contribution in [2.75, 3.05) is 19.2 Å². The molecule has 0 radical (unpaired) electrons. The molecule has 1 aliphatic heterocycles. The molecule has 4 rings (SSSR count). The Morgan fingerprint density at radius 1 is 0.889 bits per heavy atom. The van der Waals surface area contributed by atoms with Gasteiger partial charge in [0.1, 0.15) is 0 Å². The first-order valence-corrected chi connectivity index (χ1v) is 11.2. The molecule has 184 valence electrons. The number of anilines is 1. The largest absolute Gasteiger partial charge is 0.504 e. The number of aromatic hydroxyl groups is 2. The zero-order valence-corrected chi connectivity index (χ0v) is 19.8. The highest BCUT2D eigenvalue weighted by atomic mass is 16.5. The molecule has 36 heavy (non-hydrogen) atoms. The van der Waals surface area contributed by atoms with E-state index in [4.69, 9.17) is 14.6 Å². The van der Waals surface area contributed by atoms with Crippen molar-refractivity contribution in [3.8, 4) is 23.0 Å². The fourth-order valence-electron chi connectivity index (χ4n) is 3.82. The zero-order valence-electron chi connectivity index (χ0n) is 19.8. The maximum atomic E-state index is 11.3. The maximum Gasteiger partial charge on any atom is 0.335 e. The SMILES string of the molecule is COc1cc(/C=C/C2=NN(c3ccc(C(=O)O)cc3)C(/C=C/c3ccc(O)c(OC)c3)C2)ccc1O. The highest BCUT2D eigenvalue weighted by Crippen LogP contribution is 2.30. The van der Waals surface area contributed by atoms with Gasteiger partial charge in [-0.05, 0) is 65.7 Å². The van der Waals surface area contributed by atoms with Crippen LogP contribution in [-0.4, -0.2) is 47.3 Å². The van der Waals surface area contributed by atoms with Gasteiger partial charge in [0.05, 0.1) is 37.2 Å². The number of rotatable bonds is 8. The molecule has 0 aliphatic carbocycles. The molecule has 8 heteroatoms. The first-order chi connectivity index (χ1) is 17.4. The number of carboxylic acids is 1. The highest BCUT2D eigenvalue weighted by Gasteiger charge is 2.25. The monoisotopic (exact) mass is 486 g/mol. The van der Waals surface area contributed by atoms with Crippen LogP contribution in [-0.2, 0) is 0 Å². The fourth-order valence-corrected chi connectivity index (χ4v) is 3.82. The van der Waals surface area contributed by atoms with Crippen molar-refractivity contribution >= 4 is 29.5 Å². The van der Waals surface area contributed by atoms with Crippen molar-refractivity contribution < 1.29 is 29.6 Å². The maximum absolute atomic E-state index is 11.3. The van der Waals surface area contributed by atoms with Crippen LogP contribution in [0.15, 0.2) is 77.9 Å². The summed E-state index contributed by atoms with van der Waals surface area (Å²) in [6, 6.07) is 16.6. The molecule has 3 aromatic rings. The molecule has 1 aliphatic rings. The van der Waals surface area contributed by atoms with E-state index in [0.717, 1.165) is 22.5 Å². The zero-order chi connectivity index (χ0) is 25.7. The second kappa shape index (κ2) is 10.7. The van der Waals surface area contributed by atoms with Gasteiger partial charge in [0, 0.05) is 6.42 Å². The van der Waals surface area contributed by atoms with E-state index in [1.807, 2.05) is 29.3 Å². The van der Waals surface area contributed by atoms with Crippen LogP contribution in [0.5, 0.6) is 23.0 Å². The second-order valence-corrected chi connectivity index (χ2v) is 8.11. The minimum Gasteiger partial charge on any atom is -0.504 e. The lowest BCUT2D eigenvalue weighted by Gasteiger charge is -2.21. The van der Waals surface area contributed by atoms with Gasteiger partial charge >= 0.3 is 5.97 Å². The number of methoxy groups -OCH3 is 2. The predicted molar refractivity (Wildman–Crippen MR) is 139 cm³/mol. The van der Waals surface area contributed by atoms with Crippen LogP contribution < -0.4 is 14.5 Å². The molecule has 1 unspecified atom stereocenters. The predicted octanol–water partition coefficient (Wildman–Crippen LogP) is 5.17. The minimum absolute atomic E-state index is 0.0669. The third-order valence-corrected chi connectivity index (χ3v) is 5.73. The van der Waals surface area contributed by atoms with Crippen LogP contribution in [0, 0.1) is 0 Å². The van der Waals surface area contributed by atoms with Crippen LogP contribution in [0.4, 0.5) is 5.69 Å². The number of benzene rings is 3.